The third-order valence-corrected chi connectivity index (χ3v) is 7.08. The third kappa shape index (κ3) is 5.53. The smallest absolute Gasteiger partial charge is 0.101 e. The first-order valence-corrected chi connectivity index (χ1v) is 12.6. The van der Waals surface area contributed by atoms with Crippen LogP contribution in [0.3, 0.4) is 0 Å². The Morgan fingerprint density at radius 3 is 2.27 bits per heavy atom. The van der Waals surface area contributed by atoms with Crippen molar-refractivity contribution in [1.29, 1.82) is 0 Å². The van der Waals surface area contributed by atoms with Gasteiger partial charge in [0.05, 0.1) is 17.9 Å². The van der Waals surface area contributed by atoms with Crippen molar-refractivity contribution in [2.75, 3.05) is 5.06 Å². The lowest BCUT2D eigenvalue weighted by atomic mass is 9.85. The number of aryl methyl sites for hydroxylation is 3. The largest absolute Gasteiger partial charge is 0.393 e. The van der Waals surface area contributed by atoms with Crippen molar-refractivity contribution in [3.05, 3.63) is 69.8 Å². The van der Waals surface area contributed by atoms with Gasteiger partial charge in [-0.25, -0.2) is 5.06 Å². The minimum Gasteiger partial charge on any atom is -0.393 e. The number of hydroxylamine groups is 1. The molecule has 3 rings (SSSR count). The summed E-state index contributed by atoms with van der Waals surface area (Å²) in [6.45, 7) is 19.3. The van der Waals surface area contributed by atoms with E-state index in [1.165, 1.54) is 39.0 Å². The van der Waals surface area contributed by atoms with Crippen LogP contribution in [0.5, 0.6) is 0 Å². The Balaban J connectivity index is 2.22. The molecular formula is C30H43NO2. The molecule has 4 atom stereocenters. The molecule has 0 fully saturated rings. The molecule has 3 heteroatoms. The summed E-state index contributed by atoms with van der Waals surface area (Å²) < 4.78 is 0. The van der Waals surface area contributed by atoms with Crippen LogP contribution in [0.4, 0.5) is 5.69 Å². The highest BCUT2D eigenvalue weighted by molar-refractivity contribution is 5.81. The summed E-state index contributed by atoms with van der Waals surface area (Å²) in [6, 6.07) is 11.3. The molecule has 0 radical (unpaired) electrons. The molecular weight excluding hydrogens is 406 g/mol. The van der Waals surface area contributed by atoms with E-state index in [0.717, 1.165) is 18.5 Å². The van der Waals surface area contributed by atoms with Gasteiger partial charge in [0, 0.05) is 11.5 Å². The molecule has 1 N–H and O–H groups in total. The maximum absolute atomic E-state index is 10.2. The fourth-order valence-corrected chi connectivity index (χ4v) is 5.00. The second-order valence-corrected chi connectivity index (χ2v) is 10.5. The summed E-state index contributed by atoms with van der Waals surface area (Å²) in [5.74, 6) is 0.585. The molecule has 0 spiro atoms. The van der Waals surface area contributed by atoms with Crippen LogP contribution in [0.25, 0.3) is 5.57 Å². The SMILES string of the molecule is CCc1c(C)cc(C)cc1C1C=C(CC(C)C)c2cc(C)ccc2N1OC(C)C(C)C(C)O. The predicted molar refractivity (Wildman–Crippen MR) is 141 cm³/mol. The Kier molecular flexibility index (Phi) is 8.08. The van der Waals surface area contributed by atoms with Gasteiger partial charge in [-0.3, -0.25) is 4.84 Å². The number of benzene rings is 2. The van der Waals surface area contributed by atoms with E-state index in [4.69, 9.17) is 4.84 Å². The number of aliphatic hydroxyl groups is 1. The van der Waals surface area contributed by atoms with Crippen LogP contribution >= 0.6 is 0 Å². The van der Waals surface area contributed by atoms with Crippen molar-refractivity contribution in [2.24, 2.45) is 11.8 Å². The molecule has 180 valence electrons. The van der Waals surface area contributed by atoms with Gasteiger partial charge in [0.2, 0.25) is 0 Å². The molecule has 3 nitrogen and oxygen atoms in total. The van der Waals surface area contributed by atoms with Gasteiger partial charge < -0.3 is 5.11 Å². The quantitative estimate of drug-likeness (QED) is 0.453. The van der Waals surface area contributed by atoms with E-state index in [2.05, 4.69) is 96.9 Å². The van der Waals surface area contributed by atoms with Crippen LogP contribution in [-0.2, 0) is 11.3 Å². The number of hydrogen-bond donors (Lipinski definition) is 1. The zero-order chi connectivity index (χ0) is 24.4. The molecule has 0 aromatic heterocycles. The van der Waals surface area contributed by atoms with E-state index in [-0.39, 0.29) is 18.1 Å². The Morgan fingerprint density at radius 2 is 1.67 bits per heavy atom. The Morgan fingerprint density at radius 1 is 0.970 bits per heavy atom. The monoisotopic (exact) mass is 449 g/mol. The zero-order valence-electron chi connectivity index (χ0n) is 22.1. The van der Waals surface area contributed by atoms with E-state index in [0.29, 0.717) is 5.92 Å². The molecule has 0 saturated carbocycles. The number of rotatable bonds is 8. The van der Waals surface area contributed by atoms with Gasteiger partial charge in [-0.05, 0) is 87.8 Å². The van der Waals surface area contributed by atoms with Gasteiger partial charge in [0.1, 0.15) is 6.04 Å². The van der Waals surface area contributed by atoms with Crippen molar-refractivity contribution in [2.45, 2.75) is 93.4 Å². The molecule has 0 bridgehead atoms. The van der Waals surface area contributed by atoms with Crippen LogP contribution in [0.1, 0.15) is 87.4 Å². The van der Waals surface area contributed by atoms with Gasteiger partial charge in [-0.15, -0.1) is 0 Å². The summed E-state index contributed by atoms with van der Waals surface area (Å²) in [7, 11) is 0. The minimum atomic E-state index is -0.430. The standard InChI is InChI=1S/C30H43NO2/c1-10-26-21(6)14-20(5)16-28(26)30-17-25(13-18(2)3)27-15-19(4)11-12-29(27)31(30)33-24(9)22(7)23(8)32/h11-12,14-18,22-24,30,32H,10,13H2,1-9H3. The second kappa shape index (κ2) is 10.4. The maximum atomic E-state index is 10.2. The molecule has 2 aromatic carbocycles. The van der Waals surface area contributed by atoms with Crippen molar-refractivity contribution in [3.8, 4) is 0 Å². The van der Waals surface area contributed by atoms with Crippen molar-refractivity contribution in [3.63, 3.8) is 0 Å². The number of nitrogens with zero attached hydrogens (tertiary/aromatic N) is 1. The van der Waals surface area contributed by atoms with Crippen LogP contribution in [-0.4, -0.2) is 17.3 Å². The summed E-state index contributed by atoms with van der Waals surface area (Å²) in [5.41, 5.74) is 10.4. The van der Waals surface area contributed by atoms with E-state index >= 15 is 0 Å². The summed E-state index contributed by atoms with van der Waals surface area (Å²) in [5, 5.41) is 12.3. The van der Waals surface area contributed by atoms with E-state index < -0.39 is 6.10 Å². The third-order valence-electron chi connectivity index (χ3n) is 7.08. The Bertz CT molecular complexity index is 1000. The summed E-state index contributed by atoms with van der Waals surface area (Å²) in [4.78, 5) is 6.71. The predicted octanol–water partition coefficient (Wildman–Crippen LogP) is 7.50. The number of allylic oxidation sites excluding steroid dienone is 1. The molecule has 2 aromatic rings. The Hall–Kier alpha value is -2.10. The van der Waals surface area contributed by atoms with Crippen molar-refractivity contribution >= 4 is 11.3 Å². The molecule has 1 aliphatic rings. The van der Waals surface area contributed by atoms with Gasteiger partial charge in [-0.1, -0.05) is 63.1 Å². The molecule has 33 heavy (non-hydrogen) atoms. The summed E-state index contributed by atoms with van der Waals surface area (Å²) >= 11 is 0. The first kappa shape index (κ1) is 25.5. The normalized spacial score (nSPS) is 18.7. The van der Waals surface area contributed by atoms with Gasteiger partial charge in [-0.2, -0.15) is 0 Å². The lowest BCUT2D eigenvalue weighted by molar-refractivity contribution is -0.0332. The first-order chi connectivity index (χ1) is 15.5. The van der Waals surface area contributed by atoms with Crippen LogP contribution in [0.15, 0.2) is 36.4 Å². The van der Waals surface area contributed by atoms with E-state index in [9.17, 15) is 5.11 Å². The highest BCUT2D eigenvalue weighted by Gasteiger charge is 2.33. The van der Waals surface area contributed by atoms with E-state index in [1.807, 2.05) is 6.92 Å². The number of fused-ring (bicyclic) bond motifs is 1. The second-order valence-electron chi connectivity index (χ2n) is 10.5. The molecule has 1 heterocycles. The minimum absolute atomic E-state index is 0.00819. The average molecular weight is 450 g/mol. The highest BCUT2D eigenvalue weighted by Crippen LogP contribution is 2.45. The fraction of sp³-hybridized carbons (Fsp3) is 0.533. The molecule has 4 unspecified atom stereocenters. The molecule has 0 amide bonds. The highest BCUT2D eigenvalue weighted by atomic mass is 16.7. The van der Waals surface area contributed by atoms with Crippen LogP contribution in [0.2, 0.25) is 0 Å². The van der Waals surface area contributed by atoms with Crippen molar-refractivity contribution < 1.29 is 9.94 Å². The van der Waals surface area contributed by atoms with Crippen molar-refractivity contribution in [1.82, 2.24) is 0 Å². The van der Waals surface area contributed by atoms with Gasteiger partial charge in [0.15, 0.2) is 0 Å². The lowest BCUT2D eigenvalue weighted by Crippen LogP contribution is -2.39. The maximum Gasteiger partial charge on any atom is 0.101 e. The zero-order valence-corrected chi connectivity index (χ0v) is 22.1. The van der Waals surface area contributed by atoms with Crippen LogP contribution < -0.4 is 5.06 Å². The number of hydrogen-bond acceptors (Lipinski definition) is 3. The van der Waals surface area contributed by atoms with E-state index in [1.54, 1.807) is 0 Å². The molecule has 0 saturated heterocycles. The summed E-state index contributed by atoms with van der Waals surface area (Å²) in [6.07, 6.45) is 3.89. The van der Waals surface area contributed by atoms with Gasteiger partial charge in [0.25, 0.3) is 0 Å². The average Bonchev–Trinajstić information content (AvgIpc) is 2.73. The Labute approximate surface area is 201 Å². The first-order valence-electron chi connectivity index (χ1n) is 12.6. The fourth-order valence-electron chi connectivity index (χ4n) is 5.00. The number of anilines is 1. The van der Waals surface area contributed by atoms with Crippen LogP contribution in [0, 0.1) is 32.6 Å². The van der Waals surface area contributed by atoms with Gasteiger partial charge >= 0.3 is 0 Å². The lowest BCUT2D eigenvalue weighted by Gasteiger charge is -2.41. The molecule has 0 aliphatic carbocycles. The molecule has 1 aliphatic heterocycles. The number of aliphatic hydroxyl groups excluding tert-OH is 1. The topological polar surface area (TPSA) is 32.7 Å².